The molecule has 1 fully saturated rings. The van der Waals surface area contributed by atoms with Crippen LogP contribution in [0.25, 0.3) is 0 Å². The van der Waals surface area contributed by atoms with E-state index >= 15 is 0 Å². The van der Waals surface area contributed by atoms with Crippen molar-refractivity contribution in [1.29, 1.82) is 5.26 Å². The molecule has 0 saturated carbocycles. The van der Waals surface area contributed by atoms with Gasteiger partial charge in [-0.1, -0.05) is 29.8 Å². The predicted octanol–water partition coefficient (Wildman–Crippen LogP) is 3.02. The second-order valence-corrected chi connectivity index (χ2v) is 8.22. The number of nitriles is 1. The SMILES string of the molecule is N#Cc1ccc(S(=O)(=O)NCC2CCN(c3ccccc3)C2)cc1Cl. The lowest BCUT2D eigenvalue weighted by molar-refractivity contribution is 0.541. The number of anilines is 1. The molecule has 1 aliphatic heterocycles. The molecule has 0 spiro atoms. The second kappa shape index (κ2) is 7.44. The molecule has 2 aromatic rings. The van der Waals surface area contributed by atoms with Crippen LogP contribution >= 0.6 is 11.6 Å². The number of sulfonamides is 1. The Morgan fingerprint density at radius 3 is 2.68 bits per heavy atom. The maximum absolute atomic E-state index is 12.4. The minimum atomic E-state index is -3.64. The molecule has 2 aromatic carbocycles. The maximum atomic E-state index is 12.4. The summed E-state index contributed by atoms with van der Waals surface area (Å²) >= 11 is 5.93. The fraction of sp³-hybridized carbons (Fsp3) is 0.278. The van der Waals surface area contributed by atoms with Crippen LogP contribution in [0.1, 0.15) is 12.0 Å². The maximum Gasteiger partial charge on any atom is 0.240 e. The van der Waals surface area contributed by atoms with Crippen molar-refractivity contribution in [2.45, 2.75) is 11.3 Å². The molecule has 1 unspecified atom stereocenters. The molecule has 0 radical (unpaired) electrons. The van der Waals surface area contributed by atoms with Crippen molar-refractivity contribution in [2.24, 2.45) is 5.92 Å². The average molecular weight is 376 g/mol. The van der Waals surface area contributed by atoms with Crippen molar-refractivity contribution < 1.29 is 8.42 Å². The number of benzene rings is 2. The number of para-hydroxylation sites is 1. The smallest absolute Gasteiger partial charge is 0.240 e. The zero-order valence-electron chi connectivity index (χ0n) is 13.5. The van der Waals surface area contributed by atoms with E-state index in [0.717, 1.165) is 25.2 Å². The Hall–Kier alpha value is -2.07. The fourth-order valence-electron chi connectivity index (χ4n) is 2.94. The summed E-state index contributed by atoms with van der Waals surface area (Å²) in [5, 5.41) is 9.01. The van der Waals surface area contributed by atoms with E-state index in [4.69, 9.17) is 16.9 Å². The Morgan fingerprint density at radius 2 is 2.00 bits per heavy atom. The quantitative estimate of drug-likeness (QED) is 0.871. The Labute approximate surface area is 152 Å². The van der Waals surface area contributed by atoms with Crippen LogP contribution in [0.4, 0.5) is 5.69 Å². The fourth-order valence-corrected chi connectivity index (χ4v) is 4.37. The molecular weight excluding hydrogens is 358 g/mol. The predicted molar refractivity (Wildman–Crippen MR) is 98.1 cm³/mol. The molecule has 1 N–H and O–H groups in total. The number of hydrogen-bond donors (Lipinski definition) is 1. The zero-order valence-corrected chi connectivity index (χ0v) is 15.1. The second-order valence-electron chi connectivity index (χ2n) is 6.04. The Morgan fingerprint density at radius 1 is 1.24 bits per heavy atom. The van der Waals surface area contributed by atoms with Crippen molar-refractivity contribution in [3.8, 4) is 6.07 Å². The van der Waals surface area contributed by atoms with Gasteiger partial charge in [-0.3, -0.25) is 0 Å². The number of rotatable bonds is 5. The molecule has 3 rings (SSSR count). The van der Waals surface area contributed by atoms with Gasteiger partial charge in [-0.25, -0.2) is 13.1 Å². The molecule has 1 saturated heterocycles. The highest BCUT2D eigenvalue weighted by atomic mass is 35.5. The molecule has 0 amide bonds. The van der Waals surface area contributed by atoms with E-state index in [1.165, 1.54) is 18.2 Å². The normalized spacial score (nSPS) is 17.4. The van der Waals surface area contributed by atoms with Crippen LogP contribution in [0.2, 0.25) is 5.02 Å². The van der Waals surface area contributed by atoms with Crippen molar-refractivity contribution in [1.82, 2.24) is 4.72 Å². The highest BCUT2D eigenvalue weighted by molar-refractivity contribution is 7.89. The minimum Gasteiger partial charge on any atom is -0.371 e. The topological polar surface area (TPSA) is 73.2 Å². The molecule has 0 aromatic heterocycles. The molecule has 0 bridgehead atoms. The molecule has 1 atom stereocenters. The van der Waals surface area contributed by atoms with Crippen LogP contribution in [-0.4, -0.2) is 28.1 Å². The van der Waals surface area contributed by atoms with Crippen LogP contribution in [0, 0.1) is 17.2 Å². The lowest BCUT2D eigenvalue weighted by atomic mass is 10.1. The molecule has 5 nitrogen and oxygen atoms in total. The molecule has 7 heteroatoms. The lowest BCUT2D eigenvalue weighted by Gasteiger charge is -2.18. The summed E-state index contributed by atoms with van der Waals surface area (Å²) in [4.78, 5) is 2.34. The Kier molecular flexibility index (Phi) is 5.28. The van der Waals surface area contributed by atoms with Gasteiger partial charge in [0, 0.05) is 25.3 Å². The summed E-state index contributed by atoms with van der Waals surface area (Å²) in [7, 11) is -3.64. The number of hydrogen-bond acceptors (Lipinski definition) is 4. The highest BCUT2D eigenvalue weighted by Gasteiger charge is 2.25. The van der Waals surface area contributed by atoms with Crippen molar-refractivity contribution in [3.63, 3.8) is 0 Å². The van der Waals surface area contributed by atoms with E-state index in [0.29, 0.717) is 6.54 Å². The van der Waals surface area contributed by atoms with Gasteiger partial charge in [-0.15, -0.1) is 0 Å². The molecule has 25 heavy (non-hydrogen) atoms. The van der Waals surface area contributed by atoms with Crippen LogP contribution in [-0.2, 0) is 10.0 Å². The number of halogens is 1. The van der Waals surface area contributed by atoms with Crippen LogP contribution in [0.5, 0.6) is 0 Å². The standard InChI is InChI=1S/C18H18ClN3O2S/c19-18-10-17(7-6-15(18)11-20)25(23,24)21-12-14-8-9-22(13-14)16-4-2-1-3-5-16/h1-7,10,14,21H,8-9,12-13H2. The van der Waals surface area contributed by atoms with Crippen LogP contribution in [0.15, 0.2) is 53.4 Å². The molecular formula is C18H18ClN3O2S. The third-order valence-corrected chi connectivity index (χ3v) is 6.07. The van der Waals surface area contributed by atoms with Gasteiger partial charge < -0.3 is 4.90 Å². The van der Waals surface area contributed by atoms with Gasteiger partial charge in [0.2, 0.25) is 10.0 Å². The van der Waals surface area contributed by atoms with E-state index in [2.05, 4.69) is 21.8 Å². The first-order valence-corrected chi connectivity index (χ1v) is 9.85. The molecule has 0 aliphatic carbocycles. The van der Waals surface area contributed by atoms with E-state index in [-0.39, 0.29) is 21.4 Å². The summed E-state index contributed by atoms with van der Waals surface area (Å²) in [6.45, 7) is 2.11. The van der Waals surface area contributed by atoms with E-state index in [9.17, 15) is 8.42 Å². The zero-order chi connectivity index (χ0) is 17.9. The summed E-state index contributed by atoms with van der Waals surface area (Å²) < 4.78 is 27.5. The Bertz CT molecular complexity index is 894. The molecule has 130 valence electrons. The number of nitrogens with zero attached hydrogens (tertiary/aromatic N) is 2. The van der Waals surface area contributed by atoms with Crippen LogP contribution < -0.4 is 9.62 Å². The van der Waals surface area contributed by atoms with Crippen molar-refractivity contribution in [2.75, 3.05) is 24.5 Å². The summed E-state index contributed by atoms with van der Waals surface area (Å²) in [5.41, 5.74) is 1.42. The largest absolute Gasteiger partial charge is 0.371 e. The van der Waals surface area contributed by atoms with Gasteiger partial charge in [0.1, 0.15) is 6.07 Å². The molecule has 1 heterocycles. The van der Waals surface area contributed by atoms with E-state index in [1.54, 1.807) is 0 Å². The van der Waals surface area contributed by atoms with Gasteiger partial charge in [0.15, 0.2) is 0 Å². The van der Waals surface area contributed by atoms with E-state index in [1.807, 2.05) is 24.3 Å². The summed E-state index contributed by atoms with van der Waals surface area (Å²) in [6.07, 6.45) is 0.936. The van der Waals surface area contributed by atoms with E-state index < -0.39 is 10.0 Å². The van der Waals surface area contributed by atoms with Crippen LogP contribution in [0.3, 0.4) is 0 Å². The first-order chi connectivity index (χ1) is 12.0. The van der Waals surface area contributed by atoms with Gasteiger partial charge >= 0.3 is 0 Å². The lowest BCUT2D eigenvalue weighted by Crippen LogP contribution is -2.31. The summed E-state index contributed by atoms with van der Waals surface area (Å²) in [5.74, 6) is 0.254. The Balaban J connectivity index is 1.62. The van der Waals surface area contributed by atoms with Crippen molar-refractivity contribution >= 4 is 27.3 Å². The molecule has 1 aliphatic rings. The summed E-state index contributed by atoms with van der Waals surface area (Å²) in [6, 6.07) is 16.2. The average Bonchev–Trinajstić information content (AvgIpc) is 3.10. The van der Waals surface area contributed by atoms with Gasteiger partial charge in [0.05, 0.1) is 15.5 Å². The van der Waals surface area contributed by atoms with Gasteiger partial charge in [0.25, 0.3) is 0 Å². The minimum absolute atomic E-state index is 0.0782. The monoisotopic (exact) mass is 375 g/mol. The van der Waals surface area contributed by atoms with Gasteiger partial charge in [-0.05, 0) is 42.7 Å². The first kappa shape index (κ1) is 17.7. The highest BCUT2D eigenvalue weighted by Crippen LogP contribution is 2.24. The van der Waals surface area contributed by atoms with Crippen molar-refractivity contribution in [3.05, 3.63) is 59.1 Å². The third kappa shape index (κ3) is 4.13. The van der Waals surface area contributed by atoms with Gasteiger partial charge in [-0.2, -0.15) is 5.26 Å². The first-order valence-electron chi connectivity index (χ1n) is 7.99. The third-order valence-electron chi connectivity index (χ3n) is 4.34. The number of nitrogens with one attached hydrogen (secondary N) is 1.